The van der Waals surface area contributed by atoms with Gasteiger partial charge in [0.05, 0.1) is 18.8 Å². The van der Waals surface area contributed by atoms with E-state index in [0.29, 0.717) is 24.6 Å². The minimum absolute atomic E-state index is 0.193. The number of hydrogen-bond acceptors (Lipinski definition) is 7. The van der Waals surface area contributed by atoms with Crippen molar-refractivity contribution in [3.05, 3.63) is 41.5 Å². The minimum atomic E-state index is -0.776. The largest absolute Gasteiger partial charge is 0.464 e. The Bertz CT molecular complexity index is 915. The van der Waals surface area contributed by atoms with E-state index in [4.69, 9.17) is 16.2 Å². The number of rotatable bonds is 12. The lowest BCUT2D eigenvalue weighted by molar-refractivity contribution is -0.147. The van der Waals surface area contributed by atoms with Crippen LogP contribution in [-0.2, 0) is 16.0 Å². The molecule has 0 fully saturated rings. The first-order valence-corrected chi connectivity index (χ1v) is 10.8. The number of nitrogens with one attached hydrogen (secondary N) is 2. The Kier molecular flexibility index (Phi) is 9.44. The molecule has 3 amide bonds. The second-order valence-electron chi connectivity index (χ2n) is 6.87. The van der Waals surface area contributed by atoms with Crippen molar-refractivity contribution in [1.29, 1.82) is 0 Å². The van der Waals surface area contributed by atoms with Crippen LogP contribution >= 0.6 is 11.3 Å². The van der Waals surface area contributed by atoms with Gasteiger partial charge in [-0.2, -0.15) is 0 Å². The van der Waals surface area contributed by atoms with Gasteiger partial charge < -0.3 is 26.6 Å². The molecule has 31 heavy (non-hydrogen) atoms. The number of urea groups is 1. The number of ether oxygens (including phenoxy) is 1. The van der Waals surface area contributed by atoms with Crippen LogP contribution in [0.1, 0.15) is 35.7 Å². The van der Waals surface area contributed by atoms with E-state index in [9.17, 15) is 19.5 Å². The predicted octanol–water partition coefficient (Wildman–Crippen LogP) is 1.84. The molecule has 0 aliphatic carbocycles. The van der Waals surface area contributed by atoms with Crippen molar-refractivity contribution in [1.82, 2.24) is 5.32 Å². The lowest BCUT2D eigenvalue weighted by atomic mass is 10.1. The summed E-state index contributed by atoms with van der Waals surface area (Å²) in [5.74, 6) is -1.12. The van der Waals surface area contributed by atoms with E-state index in [-0.39, 0.29) is 12.2 Å². The summed E-state index contributed by atoms with van der Waals surface area (Å²) in [4.78, 5) is 35.6. The minimum Gasteiger partial charge on any atom is -0.464 e. The van der Waals surface area contributed by atoms with Gasteiger partial charge in [0.25, 0.3) is 5.91 Å². The van der Waals surface area contributed by atoms with Crippen molar-refractivity contribution < 1.29 is 24.2 Å². The third-order valence-corrected chi connectivity index (χ3v) is 5.56. The third kappa shape index (κ3) is 7.35. The number of thiophene rings is 1. The molecule has 9 nitrogen and oxygen atoms in total. The zero-order valence-corrected chi connectivity index (χ0v) is 18.2. The van der Waals surface area contributed by atoms with Crippen molar-refractivity contribution in [3.8, 4) is 10.4 Å². The smallest absolute Gasteiger partial charge is 0.325 e. The molecule has 0 saturated carbocycles. The maximum Gasteiger partial charge on any atom is 0.325 e. The number of unbranched alkanes of at least 4 members (excludes halogenated alkanes) is 1. The van der Waals surface area contributed by atoms with Crippen LogP contribution in [0.2, 0.25) is 0 Å². The molecule has 1 atom stereocenters. The summed E-state index contributed by atoms with van der Waals surface area (Å²) in [6, 6.07) is 7.70. The Morgan fingerprint density at radius 1 is 1.23 bits per heavy atom. The maximum atomic E-state index is 12.0. The number of anilines is 1. The number of hydrogen-bond donors (Lipinski definition) is 5. The number of nitrogens with two attached hydrogens (primary N) is 2. The highest BCUT2D eigenvalue weighted by atomic mass is 32.1. The molecule has 0 saturated heterocycles. The molecule has 0 radical (unpaired) electrons. The molecule has 2 aromatic rings. The Morgan fingerprint density at radius 2 is 2.00 bits per heavy atom. The first-order valence-electron chi connectivity index (χ1n) is 9.96. The van der Waals surface area contributed by atoms with Gasteiger partial charge in [0.15, 0.2) is 0 Å². The topological polar surface area (TPSA) is 157 Å². The summed E-state index contributed by atoms with van der Waals surface area (Å²) in [6.07, 6.45) is 2.31. The molecule has 10 heteroatoms. The molecule has 1 aromatic heterocycles. The first kappa shape index (κ1) is 24.3. The van der Waals surface area contributed by atoms with E-state index in [0.717, 1.165) is 28.8 Å². The number of aliphatic hydroxyl groups excluding tert-OH is 1. The Balaban J connectivity index is 2.03. The van der Waals surface area contributed by atoms with Crippen molar-refractivity contribution >= 4 is 34.2 Å². The summed E-state index contributed by atoms with van der Waals surface area (Å²) < 4.78 is 5.14. The molecular weight excluding hydrogens is 420 g/mol. The summed E-state index contributed by atoms with van der Waals surface area (Å²) in [7, 11) is 0. The number of carbonyl (C=O) groups excluding carboxylic acids is 3. The Labute approximate surface area is 184 Å². The maximum absolute atomic E-state index is 12.0. The number of benzene rings is 1. The van der Waals surface area contributed by atoms with Crippen LogP contribution in [-0.4, -0.2) is 48.8 Å². The standard InChI is InChI=1S/C21H28N4O5S/c1-2-3-9-30-20(28)16(12-26)24-8-7-13-5-4-6-14(10-13)17-11-15(18(22)27)19(31-17)25-21(23)29/h4-6,10-11,16,24,26H,2-3,7-9,12H2,1H3,(H2,22,27)(H3,23,25,29)/t16-/m0/s1. The number of esters is 1. The van der Waals surface area contributed by atoms with Gasteiger partial charge in [-0.25, -0.2) is 4.79 Å². The second-order valence-corrected chi connectivity index (χ2v) is 7.92. The fraction of sp³-hybridized carbons (Fsp3) is 0.381. The SMILES string of the molecule is CCCCOC(=O)[C@H](CO)NCCc1cccc(-c2cc(C(N)=O)c(NC(N)=O)s2)c1. The van der Waals surface area contributed by atoms with E-state index in [1.807, 2.05) is 31.2 Å². The fourth-order valence-corrected chi connectivity index (χ4v) is 3.89. The third-order valence-electron chi connectivity index (χ3n) is 4.46. The van der Waals surface area contributed by atoms with Gasteiger partial charge in [0.2, 0.25) is 0 Å². The molecule has 0 spiro atoms. The normalized spacial score (nSPS) is 11.7. The van der Waals surface area contributed by atoms with Gasteiger partial charge in [-0.3, -0.25) is 14.9 Å². The molecule has 0 aliphatic rings. The zero-order chi connectivity index (χ0) is 22.8. The monoisotopic (exact) mass is 448 g/mol. The second kappa shape index (κ2) is 12.0. The van der Waals surface area contributed by atoms with Crippen LogP contribution in [0.4, 0.5) is 9.80 Å². The lowest BCUT2D eigenvalue weighted by Crippen LogP contribution is -2.42. The number of aliphatic hydroxyl groups is 1. The van der Waals surface area contributed by atoms with Crippen molar-refractivity contribution in [2.75, 3.05) is 25.1 Å². The van der Waals surface area contributed by atoms with Crippen molar-refractivity contribution in [3.63, 3.8) is 0 Å². The van der Waals surface area contributed by atoms with Crippen LogP contribution in [0.3, 0.4) is 0 Å². The highest BCUT2D eigenvalue weighted by molar-refractivity contribution is 7.20. The number of primary amides is 2. The van der Waals surface area contributed by atoms with Crippen molar-refractivity contribution in [2.24, 2.45) is 11.5 Å². The van der Waals surface area contributed by atoms with Crippen LogP contribution in [0.15, 0.2) is 30.3 Å². The van der Waals surface area contributed by atoms with Crippen LogP contribution in [0.25, 0.3) is 10.4 Å². The highest BCUT2D eigenvalue weighted by Gasteiger charge is 2.18. The number of carbonyl (C=O) groups is 3. The highest BCUT2D eigenvalue weighted by Crippen LogP contribution is 2.35. The molecule has 1 aromatic carbocycles. The fourth-order valence-electron chi connectivity index (χ4n) is 2.83. The summed E-state index contributed by atoms with van der Waals surface area (Å²) in [5, 5.41) is 15.2. The van der Waals surface area contributed by atoms with E-state index < -0.39 is 23.9 Å². The molecular formula is C21H28N4O5S. The van der Waals surface area contributed by atoms with E-state index in [1.165, 1.54) is 11.3 Å². The van der Waals surface area contributed by atoms with Gasteiger partial charge in [-0.1, -0.05) is 37.6 Å². The van der Waals surface area contributed by atoms with Crippen LogP contribution in [0.5, 0.6) is 0 Å². The molecule has 168 valence electrons. The molecule has 2 rings (SSSR count). The van der Waals surface area contributed by atoms with Gasteiger partial charge in [0.1, 0.15) is 11.0 Å². The molecule has 1 heterocycles. The summed E-state index contributed by atoms with van der Waals surface area (Å²) in [6.45, 7) is 2.47. The van der Waals surface area contributed by atoms with E-state index in [2.05, 4.69) is 10.6 Å². The summed E-state index contributed by atoms with van der Waals surface area (Å²) in [5.41, 5.74) is 12.6. The number of amides is 3. The van der Waals surface area contributed by atoms with Crippen molar-refractivity contribution in [2.45, 2.75) is 32.2 Å². The van der Waals surface area contributed by atoms with Gasteiger partial charge in [-0.05, 0) is 30.0 Å². The predicted molar refractivity (Wildman–Crippen MR) is 120 cm³/mol. The van der Waals surface area contributed by atoms with Crippen LogP contribution < -0.4 is 22.1 Å². The van der Waals surface area contributed by atoms with Gasteiger partial charge in [-0.15, -0.1) is 11.3 Å². The molecule has 0 aliphatic heterocycles. The van der Waals surface area contributed by atoms with Crippen LogP contribution in [0, 0.1) is 0 Å². The van der Waals surface area contributed by atoms with Gasteiger partial charge in [0, 0.05) is 11.4 Å². The average Bonchev–Trinajstić information content (AvgIpc) is 3.15. The van der Waals surface area contributed by atoms with E-state index >= 15 is 0 Å². The zero-order valence-electron chi connectivity index (χ0n) is 17.3. The first-order chi connectivity index (χ1) is 14.8. The molecule has 0 unspecified atom stereocenters. The average molecular weight is 449 g/mol. The summed E-state index contributed by atoms with van der Waals surface area (Å²) >= 11 is 1.20. The molecule has 0 bridgehead atoms. The Morgan fingerprint density at radius 3 is 2.65 bits per heavy atom. The lowest BCUT2D eigenvalue weighted by Gasteiger charge is -2.15. The van der Waals surface area contributed by atoms with Gasteiger partial charge >= 0.3 is 12.0 Å². The molecule has 7 N–H and O–H groups in total. The Hall–Kier alpha value is -2.95. The van der Waals surface area contributed by atoms with E-state index in [1.54, 1.807) is 6.07 Å². The quantitative estimate of drug-likeness (QED) is 0.246.